The van der Waals surface area contributed by atoms with Crippen molar-refractivity contribution in [1.82, 2.24) is 4.98 Å². The van der Waals surface area contributed by atoms with E-state index in [1.807, 2.05) is 13.0 Å². The SMILES string of the molecule is Cc1oc2cnccc2c1N. The molecule has 2 aromatic heterocycles. The average Bonchev–Trinajstić information content (AvgIpc) is 2.30. The molecule has 0 fully saturated rings. The number of hydrogen-bond acceptors (Lipinski definition) is 3. The first kappa shape index (κ1) is 6.22. The topological polar surface area (TPSA) is 52.0 Å². The van der Waals surface area contributed by atoms with Gasteiger partial charge < -0.3 is 10.2 Å². The third kappa shape index (κ3) is 0.774. The van der Waals surface area contributed by atoms with E-state index in [2.05, 4.69) is 4.98 Å². The molecule has 2 aromatic rings. The van der Waals surface area contributed by atoms with Crippen LogP contribution in [0.2, 0.25) is 0 Å². The highest BCUT2D eigenvalue weighted by molar-refractivity contribution is 5.90. The van der Waals surface area contributed by atoms with Crippen molar-refractivity contribution >= 4 is 16.7 Å². The summed E-state index contributed by atoms with van der Waals surface area (Å²) < 4.78 is 5.31. The van der Waals surface area contributed by atoms with E-state index in [0.717, 1.165) is 16.7 Å². The van der Waals surface area contributed by atoms with Crippen LogP contribution in [0.3, 0.4) is 0 Å². The van der Waals surface area contributed by atoms with E-state index < -0.39 is 0 Å². The van der Waals surface area contributed by atoms with Crippen LogP contribution in [0.4, 0.5) is 5.69 Å². The summed E-state index contributed by atoms with van der Waals surface area (Å²) in [4.78, 5) is 3.92. The number of pyridine rings is 1. The largest absolute Gasteiger partial charge is 0.458 e. The zero-order valence-corrected chi connectivity index (χ0v) is 6.16. The van der Waals surface area contributed by atoms with Gasteiger partial charge >= 0.3 is 0 Å². The first-order valence-electron chi connectivity index (χ1n) is 3.37. The molecule has 0 bridgehead atoms. The summed E-state index contributed by atoms with van der Waals surface area (Å²) >= 11 is 0. The molecule has 0 saturated heterocycles. The maximum absolute atomic E-state index is 5.72. The minimum atomic E-state index is 0.711. The standard InChI is InChI=1S/C8H8N2O/c1-5-8(9)6-2-3-10-4-7(6)11-5/h2-4H,9H2,1H3. The lowest BCUT2D eigenvalue weighted by molar-refractivity contribution is 0.579. The first-order chi connectivity index (χ1) is 5.29. The van der Waals surface area contributed by atoms with E-state index in [0.29, 0.717) is 5.69 Å². The van der Waals surface area contributed by atoms with Crippen molar-refractivity contribution in [3.8, 4) is 0 Å². The second-order valence-electron chi connectivity index (χ2n) is 2.44. The monoisotopic (exact) mass is 148 g/mol. The fourth-order valence-electron chi connectivity index (χ4n) is 1.09. The Labute approximate surface area is 63.8 Å². The highest BCUT2D eigenvalue weighted by Crippen LogP contribution is 2.25. The van der Waals surface area contributed by atoms with Crippen molar-refractivity contribution in [2.45, 2.75) is 6.92 Å². The van der Waals surface area contributed by atoms with Crippen LogP contribution in [0.5, 0.6) is 0 Å². The fourth-order valence-corrected chi connectivity index (χ4v) is 1.09. The van der Waals surface area contributed by atoms with Gasteiger partial charge in [-0.05, 0) is 13.0 Å². The smallest absolute Gasteiger partial charge is 0.154 e. The molecule has 2 N–H and O–H groups in total. The number of aryl methyl sites for hydroxylation is 1. The van der Waals surface area contributed by atoms with Gasteiger partial charge in [0.1, 0.15) is 5.76 Å². The van der Waals surface area contributed by atoms with E-state index in [-0.39, 0.29) is 0 Å². The van der Waals surface area contributed by atoms with Gasteiger partial charge in [0, 0.05) is 11.6 Å². The second kappa shape index (κ2) is 1.99. The highest BCUT2D eigenvalue weighted by Gasteiger charge is 2.05. The molecule has 0 atom stereocenters. The molecule has 2 heterocycles. The summed E-state index contributed by atoms with van der Waals surface area (Å²) in [6, 6.07) is 1.85. The van der Waals surface area contributed by atoms with Crippen molar-refractivity contribution in [2.24, 2.45) is 0 Å². The van der Waals surface area contributed by atoms with Crippen LogP contribution < -0.4 is 5.73 Å². The van der Waals surface area contributed by atoms with Crippen molar-refractivity contribution in [2.75, 3.05) is 5.73 Å². The van der Waals surface area contributed by atoms with Crippen molar-refractivity contribution < 1.29 is 4.42 Å². The van der Waals surface area contributed by atoms with Crippen LogP contribution in [0.25, 0.3) is 11.0 Å². The predicted molar refractivity (Wildman–Crippen MR) is 43.2 cm³/mol. The quantitative estimate of drug-likeness (QED) is 0.618. The van der Waals surface area contributed by atoms with Crippen molar-refractivity contribution in [3.63, 3.8) is 0 Å². The van der Waals surface area contributed by atoms with Gasteiger partial charge in [0.15, 0.2) is 5.58 Å². The number of anilines is 1. The first-order valence-corrected chi connectivity index (χ1v) is 3.37. The molecule has 0 aliphatic heterocycles. The van der Waals surface area contributed by atoms with E-state index in [1.54, 1.807) is 12.4 Å². The molecular formula is C8H8N2O. The minimum Gasteiger partial charge on any atom is -0.458 e. The van der Waals surface area contributed by atoms with Crippen LogP contribution in [-0.4, -0.2) is 4.98 Å². The van der Waals surface area contributed by atoms with Crippen molar-refractivity contribution in [3.05, 3.63) is 24.2 Å². The van der Waals surface area contributed by atoms with Gasteiger partial charge in [-0.3, -0.25) is 4.98 Å². The van der Waals surface area contributed by atoms with Crippen LogP contribution >= 0.6 is 0 Å². The second-order valence-corrected chi connectivity index (χ2v) is 2.44. The summed E-state index contributed by atoms with van der Waals surface area (Å²) in [5.41, 5.74) is 7.18. The number of rotatable bonds is 0. The van der Waals surface area contributed by atoms with Gasteiger partial charge in [-0.15, -0.1) is 0 Å². The molecular weight excluding hydrogens is 140 g/mol. The summed E-state index contributed by atoms with van der Waals surface area (Å²) in [7, 11) is 0. The van der Waals surface area contributed by atoms with E-state index in [9.17, 15) is 0 Å². The summed E-state index contributed by atoms with van der Waals surface area (Å²) in [5, 5.41) is 0.942. The van der Waals surface area contributed by atoms with E-state index in [4.69, 9.17) is 10.2 Å². The van der Waals surface area contributed by atoms with Gasteiger partial charge in [-0.1, -0.05) is 0 Å². The molecule has 0 saturated carbocycles. The van der Waals surface area contributed by atoms with Crippen LogP contribution in [0.15, 0.2) is 22.9 Å². The Morgan fingerprint density at radius 1 is 1.55 bits per heavy atom. The number of nitrogens with two attached hydrogens (primary N) is 1. The molecule has 0 spiro atoms. The molecule has 0 aromatic carbocycles. The lowest BCUT2D eigenvalue weighted by atomic mass is 10.3. The molecule has 2 rings (SSSR count). The minimum absolute atomic E-state index is 0.711. The van der Waals surface area contributed by atoms with E-state index >= 15 is 0 Å². The molecule has 0 aliphatic rings. The maximum atomic E-state index is 5.72. The number of hydrogen-bond donors (Lipinski definition) is 1. The third-order valence-electron chi connectivity index (χ3n) is 1.72. The molecule has 0 radical (unpaired) electrons. The summed E-state index contributed by atoms with van der Waals surface area (Å²) in [6.45, 7) is 1.84. The fraction of sp³-hybridized carbons (Fsp3) is 0.125. The Balaban J connectivity index is 2.92. The Hall–Kier alpha value is -1.51. The van der Waals surface area contributed by atoms with E-state index in [1.165, 1.54) is 0 Å². The van der Waals surface area contributed by atoms with Crippen LogP contribution in [-0.2, 0) is 0 Å². The summed E-state index contributed by atoms with van der Waals surface area (Å²) in [5.74, 6) is 0.757. The Morgan fingerprint density at radius 3 is 3.09 bits per heavy atom. The normalized spacial score (nSPS) is 10.6. The molecule has 11 heavy (non-hydrogen) atoms. The zero-order valence-electron chi connectivity index (χ0n) is 6.16. The average molecular weight is 148 g/mol. The number of aromatic nitrogens is 1. The molecule has 56 valence electrons. The van der Waals surface area contributed by atoms with Gasteiger partial charge in [-0.2, -0.15) is 0 Å². The van der Waals surface area contributed by atoms with Crippen molar-refractivity contribution in [1.29, 1.82) is 0 Å². The molecule has 0 unspecified atom stereocenters. The molecule has 0 amide bonds. The van der Waals surface area contributed by atoms with Crippen LogP contribution in [0.1, 0.15) is 5.76 Å². The maximum Gasteiger partial charge on any atom is 0.154 e. The lowest BCUT2D eigenvalue weighted by Gasteiger charge is -1.85. The number of nitrogens with zero attached hydrogens (tertiary/aromatic N) is 1. The van der Waals surface area contributed by atoms with Gasteiger partial charge in [0.2, 0.25) is 0 Å². The van der Waals surface area contributed by atoms with Crippen LogP contribution in [0, 0.1) is 6.92 Å². The van der Waals surface area contributed by atoms with Gasteiger partial charge in [-0.25, -0.2) is 0 Å². The zero-order chi connectivity index (χ0) is 7.84. The molecule has 3 nitrogen and oxygen atoms in total. The highest BCUT2D eigenvalue weighted by atomic mass is 16.3. The van der Waals surface area contributed by atoms with Gasteiger partial charge in [0.25, 0.3) is 0 Å². The van der Waals surface area contributed by atoms with Gasteiger partial charge in [0.05, 0.1) is 11.9 Å². The summed E-state index contributed by atoms with van der Waals surface area (Å²) in [6.07, 6.45) is 3.37. The third-order valence-corrected chi connectivity index (χ3v) is 1.72. The number of furan rings is 1. The number of fused-ring (bicyclic) bond motifs is 1. The predicted octanol–water partition coefficient (Wildman–Crippen LogP) is 1.72. The molecule has 0 aliphatic carbocycles. The Bertz CT molecular complexity index is 392. The number of nitrogen functional groups attached to an aromatic ring is 1. The Kier molecular flexibility index (Phi) is 1.12. The lowest BCUT2D eigenvalue weighted by Crippen LogP contribution is -1.83. The Morgan fingerprint density at radius 2 is 2.36 bits per heavy atom. The molecule has 3 heteroatoms.